The van der Waals surface area contributed by atoms with Crippen molar-refractivity contribution in [1.29, 1.82) is 0 Å². The van der Waals surface area contributed by atoms with Crippen LogP contribution in [0.5, 0.6) is 0 Å². The van der Waals surface area contributed by atoms with Crippen LogP contribution in [0.2, 0.25) is 0 Å². The van der Waals surface area contributed by atoms with Crippen LogP contribution < -0.4 is 0 Å². The molecule has 0 bridgehead atoms. The minimum Gasteiger partial charge on any atom is -0.390 e. The average Bonchev–Trinajstić information content (AvgIpc) is 2.54. The first-order valence-corrected chi connectivity index (χ1v) is 9.28. The number of aliphatic hydroxyl groups is 1. The van der Waals surface area contributed by atoms with Gasteiger partial charge in [-0.25, -0.2) is 8.42 Å². The third kappa shape index (κ3) is 3.27. The summed E-state index contributed by atoms with van der Waals surface area (Å²) in [5, 5.41) is 10.6. The molecule has 0 radical (unpaired) electrons. The molecule has 3 nitrogen and oxygen atoms in total. The predicted molar refractivity (Wildman–Crippen MR) is 73.2 cm³/mol. The Morgan fingerprint density at radius 2 is 1.61 bits per heavy atom. The van der Waals surface area contributed by atoms with E-state index in [4.69, 9.17) is 0 Å². The van der Waals surface area contributed by atoms with Crippen LogP contribution >= 0.6 is 0 Å². The fourth-order valence-electron chi connectivity index (χ4n) is 3.77. The molecule has 0 aromatic rings. The van der Waals surface area contributed by atoms with Gasteiger partial charge >= 0.3 is 0 Å². The molecule has 0 aromatic heterocycles. The monoisotopic (exact) mass is 274 g/mol. The highest BCUT2D eigenvalue weighted by atomic mass is 32.2. The fourth-order valence-corrected chi connectivity index (χ4v) is 4.95. The fraction of sp³-hybridized carbons (Fsp3) is 1.00. The van der Waals surface area contributed by atoms with Crippen molar-refractivity contribution in [3.05, 3.63) is 0 Å². The van der Waals surface area contributed by atoms with Crippen LogP contribution in [0.15, 0.2) is 0 Å². The summed E-state index contributed by atoms with van der Waals surface area (Å²) in [6.07, 6.45) is 11.1. The second-order valence-corrected chi connectivity index (χ2v) is 8.66. The maximum Gasteiger partial charge on any atom is 0.150 e. The first-order valence-electron chi connectivity index (χ1n) is 7.33. The summed E-state index contributed by atoms with van der Waals surface area (Å²) in [5.74, 6) is 0.198. The summed E-state index contributed by atoms with van der Waals surface area (Å²) in [7, 11) is -2.94. The van der Waals surface area contributed by atoms with Gasteiger partial charge < -0.3 is 5.11 Å². The number of sulfone groups is 1. The van der Waals surface area contributed by atoms with Crippen molar-refractivity contribution in [2.24, 2.45) is 5.92 Å². The van der Waals surface area contributed by atoms with Crippen LogP contribution in [0.4, 0.5) is 0 Å². The Kier molecular flexibility index (Phi) is 4.37. The van der Waals surface area contributed by atoms with Gasteiger partial charge in [-0.2, -0.15) is 0 Å². The van der Waals surface area contributed by atoms with Gasteiger partial charge in [-0.3, -0.25) is 0 Å². The molecule has 18 heavy (non-hydrogen) atoms. The Bertz CT molecular complexity index is 367. The number of hydrogen-bond donors (Lipinski definition) is 1. The maximum atomic E-state index is 11.7. The Balaban J connectivity index is 2.07. The molecule has 106 valence electrons. The van der Waals surface area contributed by atoms with Gasteiger partial charge in [-0.15, -0.1) is 0 Å². The largest absolute Gasteiger partial charge is 0.390 e. The molecule has 0 heterocycles. The summed E-state index contributed by atoms with van der Waals surface area (Å²) in [6, 6.07) is 0. The lowest BCUT2D eigenvalue weighted by Crippen LogP contribution is -2.42. The third-order valence-electron chi connectivity index (χ3n) is 4.96. The van der Waals surface area contributed by atoms with Crippen molar-refractivity contribution in [3.8, 4) is 0 Å². The quantitative estimate of drug-likeness (QED) is 0.788. The minimum absolute atomic E-state index is 0.198. The van der Waals surface area contributed by atoms with Gasteiger partial charge in [0.25, 0.3) is 0 Å². The molecule has 2 rings (SSSR count). The highest BCUT2D eigenvalue weighted by Gasteiger charge is 2.41. The zero-order valence-electron chi connectivity index (χ0n) is 11.4. The van der Waals surface area contributed by atoms with Gasteiger partial charge in [0.1, 0.15) is 9.84 Å². The van der Waals surface area contributed by atoms with Crippen molar-refractivity contribution in [1.82, 2.24) is 0 Å². The standard InChI is InChI=1S/C14H26O3S/c1-18(16,17)13-8-6-7-12(11-13)14(15)9-4-2-3-5-10-14/h12-13,15H,2-11H2,1H3. The molecule has 2 atom stereocenters. The summed E-state index contributed by atoms with van der Waals surface area (Å²) in [5.41, 5.74) is -0.583. The van der Waals surface area contributed by atoms with Gasteiger partial charge in [0.2, 0.25) is 0 Å². The Labute approximate surface area is 111 Å². The lowest BCUT2D eigenvalue weighted by molar-refractivity contribution is -0.0446. The second-order valence-electron chi connectivity index (χ2n) is 6.33. The van der Waals surface area contributed by atoms with Gasteiger partial charge in [0.15, 0.2) is 0 Å². The van der Waals surface area contributed by atoms with Crippen LogP contribution in [-0.2, 0) is 9.84 Å². The second kappa shape index (κ2) is 5.49. The zero-order valence-corrected chi connectivity index (χ0v) is 12.2. The lowest BCUT2D eigenvalue weighted by atomic mass is 9.73. The molecule has 0 saturated heterocycles. The van der Waals surface area contributed by atoms with Gasteiger partial charge in [-0.1, -0.05) is 32.1 Å². The van der Waals surface area contributed by atoms with E-state index in [-0.39, 0.29) is 11.2 Å². The van der Waals surface area contributed by atoms with E-state index in [0.29, 0.717) is 6.42 Å². The van der Waals surface area contributed by atoms with E-state index >= 15 is 0 Å². The summed E-state index contributed by atoms with van der Waals surface area (Å²) in [4.78, 5) is 0. The Hall–Kier alpha value is -0.0900. The van der Waals surface area contributed by atoms with E-state index < -0.39 is 15.4 Å². The lowest BCUT2D eigenvalue weighted by Gasteiger charge is -2.40. The molecule has 2 aliphatic rings. The topological polar surface area (TPSA) is 54.4 Å². The maximum absolute atomic E-state index is 11.7. The predicted octanol–water partition coefficient (Wildman–Crippen LogP) is 2.68. The molecule has 2 unspecified atom stereocenters. The van der Waals surface area contributed by atoms with Gasteiger partial charge in [0, 0.05) is 6.26 Å². The van der Waals surface area contributed by atoms with Crippen molar-refractivity contribution < 1.29 is 13.5 Å². The zero-order chi connectivity index (χ0) is 13.2. The van der Waals surface area contributed by atoms with E-state index in [1.165, 1.54) is 19.1 Å². The SMILES string of the molecule is CS(=O)(=O)C1CCCC(C2(O)CCCCCC2)C1. The van der Waals surface area contributed by atoms with Crippen molar-refractivity contribution in [2.75, 3.05) is 6.26 Å². The molecule has 2 saturated carbocycles. The number of hydrogen-bond acceptors (Lipinski definition) is 3. The third-order valence-corrected chi connectivity index (χ3v) is 6.60. The molecule has 2 fully saturated rings. The van der Waals surface area contributed by atoms with Crippen LogP contribution in [0.3, 0.4) is 0 Å². The van der Waals surface area contributed by atoms with E-state index in [1.807, 2.05) is 0 Å². The van der Waals surface area contributed by atoms with E-state index in [1.54, 1.807) is 0 Å². The molecule has 2 aliphatic carbocycles. The highest BCUT2D eigenvalue weighted by molar-refractivity contribution is 7.91. The number of rotatable bonds is 2. The van der Waals surface area contributed by atoms with E-state index in [2.05, 4.69) is 0 Å². The van der Waals surface area contributed by atoms with Crippen molar-refractivity contribution in [3.63, 3.8) is 0 Å². The average molecular weight is 274 g/mol. The first kappa shape index (κ1) is 14.3. The van der Waals surface area contributed by atoms with E-state index in [9.17, 15) is 13.5 Å². The van der Waals surface area contributed by atoms with Crippen LogP contribution in [0, 0.1) is 5.92 Å². The first-order chi connectivity index (χ1) is 8.42. The van der Waals surface area contributed by atoms with Crippen LogP contribution in [0.1, 0.15) is 64.2 Å². The Morgan fingerprint density at radius 1 is 1.00 bits per heavy atom. The molecule has 1 N–H and O–H groups in total. The van der Waals surface area contributed by atoms with E-state index in [0.717, 1.165) is 44.9 Å². The summed E-state index contributed by atoms with van der Waals surface area (Å²) >= 11 is 0. The van der Waals surface area contributed by atoms with Crippen molar-refractivity contribution >= 4 is 9.84 Å². The van der Waals surface area contributed by atoms with Gasteiger partial charge in [0.05, 0.1) is 10.9 Å². The molecule has 0 aliphatic heterocycles. The molecule has 0 aromatic carbocycles. The molecule has 4 heteroatoms. The Morgan fingerprint density at radius 3 is 2.17 bits per heavy atom. The van der Waals surface area contributed by atoms with Crippen LogP contribution in [0.25, 0.3) is 0 Å². The summed E-state index contributed by atoms with van der Waals surface area (Å²) in [6.45, 7) is 0. The van der Waals surface area contributed by atoms with Gasteiger partial charge in [-0.05, 0) is 38.0 Å². The summed E-state index contributed by atoms with van der Waals surface area (Å²) < 4.78 is 23.4. The minimum atomic E-state index is -2.94. The van der Waals surface area contributed by atoms with Crippen molar-refractivity contribution in [2.45, 2.75) is 75.1 Å². The normalized spacial score (nSPS) is 33.9. The van der Waals surface area contributed by atoms with Crippen LogP contribution in [-0.4, -0.2) is 30.6 Å². The molecular formula is C14H26O3S. The highest BCUT2D eigenvalue weighted by Crippen LogP contribution is 2.42. The molecule has 0 amide bonds. The molecular weight excluding hydrogens is 248 g/mol. The smallest absolute Gasteiger partial charge is 0.150 e. The molecule has 0 spiro atoms.